The van der Waals surface area contributed by atoms with Crippen molar-refractivity contribution in [2.24, 2.45) is 0 Å². The number of anilines is 1. The molecule has 1 atom stereocenters. The van der Waals surface area contributed by atoms with Gasteiger partial charge in [0.2, 0.25) is 10.0 Å². The molecular weight excluding hydrogens is 317 g/mol. The molecule has 0 aliphatic heterocycles. The molecule has 1 unspecified atom stereocenters. The highest BCUT2D eigenvalue weighted by Gasteiger charge is 2.24. The van der Waals surface area contributed by atoms with Crippen molar-refractivity contribution in [3.05, 3.63) is 53.1 Å². The maximum Gasteiger partial charge on any atom is 0.244 e. The lowest BCUT2D eigenvalue weighted by atomic mass is 10.1. The van der Waals surface area contributed by atoms with Crippen LogP contribution in [0.1, 0.15) is 18.5 Å². The molecule has 2 aromatic rings. The van der Waals surface area contributed by atoms with Gasteiger partial charge in [-0.3, -0.25) is 4.98 Å². The van der Waals surface area contributed by atoms with Crippen LogP contribution in [0.4, 0.5) is 10.1 Å². The van der Waals surface area contributed by atoms with Crippen molar-refractivity contribution >= 4 is 27.3 Å². The zero-order valence-electron chi connectivity index (χ0n) is 11.0. The molecule has 1 aromatic carbocycles. The molecule has 0 saturated heterocycles. The Labute approximate surface area is 127 Å². The number of aromatic nitrogens is 1. The zero-order valence-corrected chi connectivity index (χ0v) is 12.6. The van der Waals surface area contributed by atoms with Gasteiger partial charge in [-0.1, -0.05) is 11.6 Å². The summed E-state index contributed by atoms with van der Waals surface area (Å²) in [6.45, 7) is 1.64. The number of halogens is 2. The predicted octanol–water partition coefficient (Wildman–Crippen LogP) is 2.50. The minimum atomic E-state index is -4.09. The second-order valence-corrected chi connectivity index (χ2v) is 6.55. The van der Waals surface area contributed by atoms with E-state index in [-0.39, 0.29) is 10.7 Å². The van der Waals surface area contributed by atoms with E-state index in [1.54, 1.807) is 19.1 Å². The number of nitrogens with two attached hydrogens (primary N) is 1. The van der Waals surface area contributed by atoms with Crippen molar-refractivity contribution in [3.8, 4) is 0 Å². The Morgan fingerprint density at radius 3 is 2.57 bits per heavy atom. The summed E-state index contributed by atoms with van der Waals surface area (Å²) >= 11 is 5.73. The first-order valence-electron chi connectivity index (χ1n) is 5.98. The van der Waals surface area contributed by atoms with Crippen molar-refractivity contribution in [2.75, 3.05) is 5.73 Å². The van der Waals surface area contributed by atoms with Gasteiger partial charge >= 0.3 is 0 Å². The summed E-state index contributed by atoms with van der Waals surface area (Å²) in [5.74, 6) is -1.02. The molecule has 0 amide bonds. The molecule has 0 spiro atoms. The minimum Gasteiger partial charge on any atom is -0.396 e. The van der Waals surface area contributed by atoms with E-state index in [1.165, 1.54) is 12.4 Å². The summed E-state index contributed by atoms with van der Waals surface area (Å²) in [5.41, 5.74) is 5.78. The van der Waals surface area contributed by atoms with E-state index in [0.29, 0.717) is 5.56 Å². The molecule has 0 bridgehead atoms. The molecule has 1 heterocycles. The molecule has 5 nitrogen and oxygen atoms in total. The van der Waals surface area contributed by atoms with Gasteiger partial charge in [0, 0.05) is 23.5 Å². The van der Waals surface area contributed by atoms with Gasteiger partial charge in [-0.25, -0.2) is 17.5 Å². The number of benzene rings is 1. The molecule has 0 radical (unpaired) electrons. The van der Waals surface area contributed by atoms with Gasteiger partial charge in [-0.15, -0.1) is 0 Å². The van der Waals surface area contributed by atoms with Crippen LogP contribution in [0.25, 0.3) is 0 Å². The number of pyridine rings is 1. The van der Waals surface area contributed by atoms with E-state index in [1.807, 2.05) is 0 Å². The van der Waals surface area contributed by atoms with Crippen molar-refractivity contribution < 1.29 is 12.8 Å². The molecule has 0 saturated carbocycles. The third-order valence-corrected chi connectivity index (χ3v) is 4.62. The van der Waals surface area contributed by atoms with E-state index in [0.717, 1.165) is 12.1 Å². The summed E-state index contributed by atoms with van der Waals surface area (Å²) in [4.78, 5) is 3.27. The third-order valence-electron chi connectivity index (χ3n) is 2.86. The summed E-state index contributed by atoms with van der Waals surface area (Å²) in [6, 6.07) is 4.95. The molecular formula is C13H13ClFN3O2S. The highest BCUT2D eigenvalue weighted by Crippen LogP contribution is 2.26. The van der Waals surface area contributed by atoms with Crippen LogP contribution >= 0.6 is 11.6 Å². The monoisotopic (exact) mass is 329 g/mol. The van der Waals surface area contributed by atoms with Gasteiger partial charge in [-0.05, 0) is 36.8 Å². The molecule has 0 aliphatic carbocycles. The Bertz CT molecular complexity index is 754. The van der Waals surface area contributed by atoms with Crippen molar-refractivity contribution in [3.63, 3.8) is 0 Å². The molecule has 0 fully saturated rings. The molecule has 112 valence electrons. The zero-order chi connectivity index (χ0) is 15.6. The number of sulfonamides is 1. The third kappa shape index (κ3) is 3.49. The van der Waals surface area contributed by atoms with Crippen LogP contribution in [0.3, 0.4) is 0 Å². The number of nitrogens with zero attached hydrogens (tertiary/aromatic N) is 1. The number of nitrogens with one attached hydrogen (secondary N) is 1. The van der Waals surface area contributed by atoms with E-state index < -0.39 is 26.8 Å². The van der Waals surface area contributed by atoms with Crippen molar-refractivity contribution in [1.82, 2.24) is 9.71 Å². The Balaban J connectivity index is 2.35. The molecule has 8 heteroatoms. The van der Waals surface area contributed by atoms with Gasteiger partial charge in [-0.2, -0.15) is 0 Å². The van der Waals surface area contributed by atoms with Crippen LogP contribution in [0.2, 0.25) is 5.02 Å². The van der Waals surface area contributed by atoms with E-state index in [9.17, 15) is 12.8 Å². The average molecular weight is 330 g/mol. The first-order chi connectivity index (χ1) is 9.81. The maximum atomic E-state index is 13.9. The second kappa shape index (κ2) is 5.97. The van der Waals surface area contributed by atoms with Gasteiger partial charge in [0.25, 0.3) is 0 Å². The Morgan fingerprint density at radius 2 is 1.95 bits per heavy atom. The van der Waals surface area contributed by atoms with Gasteiger partial charge in [0.15, 0.2) is 5.82 Å². The first kappa shape index (κ1) is 15.7. The fourth-order valence-electron chi connectivity index (χ4n) is 1.80. The molecule has 21 heavy (non-hydrogen) atoms. The fraction of sp³-hybridized carbons (Fsp3) is 0.154. The van der Waals surface area contributed by atoms with Gasteiger partial charge < -0.3 is 5.73 Å². The number of rotatable bonds is 4. The van der Waals surface area contributed by atoms with Crippen LogP contribution in [-0.2, 0) is 10.0 Å². The van der Waals surface area contributed by atoms with Crippen LogP contribution in [0.5, 0.6) is 0 Å². The molecule has 2 rings (SSSR count). The minimum absolute atomic E-state index is 0.0471. The lowest BCUT2D eigenvalue weighted by molar-refractivity contribution is 0.548. The molecule has 0 aliphatic rings. The van der Waals surface area contributed by atoms with Gasteiger partial charge in [0.1, 0.15) is 4.90 Å². The van der Waals surface area contributed by atoms with Crippen LogP contribution in [0, 0.1) is 5.82 Å². The largest absolute Gasteiger partial charge is 0.396 e. The lowest BCUT2D eigenvalue weighted by Gasteiger charge is -2.15. The number of hydrogen-bond donors (Lipinski definition) is 2. The summed E-state index contributed by atoms with van der Waals surface area (Å²) < 4.78 is 40.8. The topological polar surface area (TPSA) is 85.1 Å². The summed E-state index contributed by atoms with van der Waals surface area (Å²) in [5, 5.41) is 0.0471. The standard InChI is InChI=1S/C13H13ClFN3O2S/c1-8(9-2-4-17-5-3-9)18-21(19,20)12-7-10(14)6-11(16)13(12)15/h2-8,18H,16H2,1H3. The van der Waals surface area contributed by atoms with Crippen molar-refractivity contribution in [2.45, 2.75) is 17.9 Å². The highest BCUT2D eigenvalue weighted by molar-refractivity contribution is 7.89. The molecule has 3 N–H and O–H groups in total. The Kier molecular flexibility index (Phi) is 4.46. The van der Waals surface area contributed by atoms with E-state index in [4.69, 9.17) is 17.3 Å². The van der Waals surface area contributed by atoms with Gasteiger partial charge in [0.05, 0.1) is 5.69 Å². The first-order valence-corrected chi connectivity index (χ1v) is 7.84. The number of hydrogen-bond acceptors (Lipinski definition) is 4. The normalized spacial score (nSPS) is 13.1. The van der Waals surface area contributed by atoms with Crippen LogP contribution < -0.4 is 10.5 Å². The number of nitrogen functional groups attached to an aromatic ring is 1. The van der Waals surface area contributed by atoms with Crippen molar-refractivity contribution in [1.29, 1.82) is 0 Å². The lowest BCUT2D eigenvalue weighted by Crippen LogP contribution is -2.28. The van der Waals surface area contributed by atoms with Crippen LogP contribution in [-0.4, -0.2) is 13.4 Å². The van der Waals surface area contributed by atoms with E-state index >= 15 is 0 Å². The highest BCUT2D eigenvalue weighted by atomic mass is 35.5. The molecule has 1 aromatic heterocycles. The SMILES string of the molecule is CC(NS(=O)(=O)c1cc(Cl)cc(N)c1F)c1ccncc1. The summed E-state index contributed by atoms with van der Waals surface area (Å²) in [6.07, 6.45) is 3.08. The summed E-state index contributed by atoms with van der Waals surface area (Å²) in [7, 11) is -4.09. The predicted molar refractivity (Wildman–Crippen MR) is 78.8 cm³/mol. The van der Waals surface area contributed by atoms with Crippen LogP contribution in [0.15, 0.2) is 41.6 Å². The maximum absolute atomic E-state index is 13.9. The average Bonchev–Trinajstić information content (AvgIpc) is 2.43. The Hall–Kier alpha value is -1.70. The second-order valence-electron chi connectivity index (χ2n) is 4.43. The Morgan fingerprint density at radius 1 is 1.33 bits per heavy atom. The quantitative estimate of drug-likeness (QED) is 0.844. The smallest absolute Gasteiger partial charge is 0.244 e. The fourth-order valence-corrected chi connectivity index (χ4v) is 3.45. The van der Waals surface area contributed by atoms with E-state index in [2.05, 4.69) is 9.71 Å².